The molecule has 2 saturated heterocycles. The van der Waals surface area contributed by atoms with Crippen molar-refractivity contribution in [3.63, 3.8) is 0 Å². The summed E-state index contributed by atoms with van der Waals surface area (Å²) in [6.07, 6.45) is -4.88. The van der Waals surface area contributed by atoms with Crippen molar-refractivity contribution in [1.82, 2.24) is 20.9 Å². The highest BCUT2D eigenvalue weighted by atomic mass is 19.4. The maximum Gasteiger partial charge on any atom is 0.471 e. The topological polar surface area (TPSA) is 131 Å². The van der Waals surface area contributed by atoms with E-state index < -0.39 is 73.3 Å². The molecular formula is C22H28F5N5O4. The molecule has 0 spiro atoms. The monoisotopic (exact) mass is 521 g/mol. The number of nitrogens with zero attached hydrogens (tertiary/aromatic N) is 2. The predicted molar refractivity (Wildman–Crippen MR) is 113 cm³/mol. The van der Waals surface area contributed by atoms with Crippen molar-refractivity contribution < 1.29 is 41.1 Å². The SMILES string of the molecule is N#C[C@H](C[C@@H]1CCCNC1=O)NC(=O)[C@@H]1CC(F)(F)CCN1C(=O)[C@H](CC1CC1)NC(=O)C(F)(F)F. The number of hydrogen-bond donors (Lipinski definition) is 3. The zero-order valence-electron chi connectivity index (χ0n) is 19.4. The highest BCUT2D eigenvalue weighted by molar-refractivity contribution is 5.93. The molecule has 2 aliphatic heterocycles. The molecule has 1 saturated carbocycles. The normalized spacial score (nSPS) is 25.7. The number of carbonyl (C=O) groups excluding carboxylic acids is 4. The van der Waals surface area contributed by atoms with Crippen molar-refractivity contribution in [2.75, 3.05) is 13.1 Å². The lowest BCUT2D eigenvalue weighted by Gasteiger charge is -2.40. The van der Waals surface area contributed by atoms with Gasteiger partial charge in [-0.25, -0.2) is 8.78 Å². The first-order valence-electron chi connectivity index (χ1n) is 11.8. The Morgan fingerprint density at radius 2 is 1.86 bits per heavy atom. The molecule has 3 aliphatic rings. The molecule has 3 N–H and O–H groups in total. The first-order valence-corrected chi connectivity index (χ1v) is 11.8. The Labute approximate surface area is 204 Å². The van der Waals surface area contributed by atoms with Gasteiger partial charge in [-0.3, -0.25) is 19.2 Å². The molecule has 3 fully saturated rings. The Kier molecular flexibility index (Phi) is 8.40. The van der Waals surface area contributed by atoms with Crippen molar-refractivity contribution in [1.29, 1.82) is 5.26 Å². The van der Waals surface area contributed by atoms with Crippen LogP contribution in [0.4, 0.5) is 22.0 Å². The van der Waals surface area contributed by atoms with E-state index in [4.69, 9.17) is 0 Å². The van der Waals surface area contributed by atoms with E-state index in [0.29, 0.717) is 32.2 Å². The highest BCUT2D eigenvalue weighted by Gasteiger charge is 2.49. The van der Waals surface area contributed by atoms with Crippen LogP contribution in [0.1, 0.15) is 51.4 Å². The Morgan fingerprint density at radius 3 is 2.44 bits per heavy atom. The van der Waals surface area contributed by atoms with Gasteiger partial charge in [0.1, 0.15) is 18.1 Å². The minimum atomic E-state index is -5.25. The van der Waals surface area contributed by atoms with Crippen molar-refractivity contribution in [3.05, 3.63) is 0 Å². The number of nitrogens with one attached hydrogen (secondary N) is 3. The summed E-state index contributed by atoms with van der Waals surface area (Å²) in [5.41, 5.74) is 0. The summed E-state index contributed by atoms with van der Waals surface area (Å²) < 4.78 is 66.9. The minimum Gasteiger partial charge on any atom is -0.356 e. The molecule has 0 aromatic carbocycles. The third kappa shape index (κ3) is 7.27. The lowest BCUT2D eigenvalue weighted by molar-refractivity contribution is -0.176. The lowest BCUT2D eigenvalue weighted by Crippen LogP contribution is -2.61. The highest BCUT2D eigenvalue weighted by Crippen LogP contribution is 2.36. The summed E-state index contributed by atoms with van der Waals surface area (Å²) in [5, 5.41) is 16.1. The summed E-state index contributed by atoms with van der Waals surface area (Å²) in [5.74, 6) is -8.75. The van der Waals surface area contributed by atoms with Gasteiger partial charge in [-0.1, -0.05) is 12.8 Å². The van der Waals surface area contributed by atoms with E-state index in [9.17, 15) is 46.4 Å². The molecule has 0 radical (unpaired) electrons. The summed E-state index contributed by atoms with van der Waals surface area (Å²) in [6.45, 7) is -0.130. The van der Waals surface area contributed by atoms with Gasteiger partial charge in [-0.2, -0.15) is 18.4 Å². The molecule has 1 aliphatic carbocycles. The Morgan fingerprint density at radius 1 is 1.17 bits per heavy atom. The van der Waals surface area contributed by atoms with Crippen LogP contribution < -0.4 is 16.0 Å². The van der Waals surface area contributed by atoms with E-state index >= 15 is 0 Å². The zero-order valence-corrected chi connectivity index (χ0v) is 19.4. The van der Waals surface area contributed by atoms with Crippen molar-refractivity contribution in [2.45, 2.75) is 81.6 Å². The number of alkyl halides is 5. The van der Waals surface area contributed by atoms with E-state index in [2.05, 4.69) is 10.6 Å². The number of hydrogen-bond acceptors (Lipinski definition) is 5. The smallest absolute Gasteiger partial charge is 0.356 e. The van der Waals surface area contributed by atoms with Crippen LogP contribution in [0.25, 0.3) is 0 Å². The second-order valence-corrected chi connectivity index (χ2v) is 9.62. The molecule has 4 atom stereocenters. The van der Waals surface area contributed by atoms with Crippen LogP contribution in [0.15, 0.2) is 0 Å². The average molecular weight is 521 g/mol. The van der Waals surface area contributed by atoms with E-state index in [1.165, 1.54) is 0 Å². The molecule has 0 bridgehead atoms. The van der Waals surface area contributed by atoms with E-state index in [1.54, 1.807) is 5.32 Å². The maximum atomic E-state index is 14.2. The molecule has 36 heavy (non-hydrogen) atoms. The van der Waals surface area contributed by atoms with Crippen LogP contribution in [0.5, 0.6) is 0 Å². The summed E-state index contributed by atoms with van der Waals surface area (Å²) >= 11 is 0. The molecule has 0 aromatic rings. The van der Waals surface area contributed by atoms with Crippen LogP contribution in [-0.4, -0.2) is 71.8 Å². The van der Waals surface area contributed by atoms with Crippen molar-refractivity contribution >= 4 is 23.6 Å². The Hall–Kier alpha value is -2.98. The predicted octanol–water partition coefficient (Wildman–Crippen LogP) is 1.38. The molecule has 9 nitrogen and oxygen atoms in total. The maximum absolute atomic E-state index is 14.2. The fraction of sp³-hybridized carbons (Fsp3) is 0.773. The second kappa shape index (κ2) is 11.0. The fourth-order valence-corrected chi connectivity index (χ4v) is 4.54. The van der Waals surface area contributed by atoms with Gasteiger partial charge in [-0.05, 0) is 31.6 Å². The van der Waals surface area contributed by atoms with Crippen LogP contribution in [-0.2, 0) is 19.2 Å². The molecule has 200 valence electrons. The number of nitriles is 1. The molecule has 4 amide bonds. The Bertz CT molecular complexity index is 917. The molecule has 2 heterocycles. The van der Waals surface area contributed by atoms with E-state index in [1.807, 2.05) is 6.07 Å². The summed E-state index contributed by atoms with van der Waals surface area (Å²) in [6, 6.07) is -2.78. The van der Waals surface area contributed by atoms with Crippen LogP contribution in [0.2, 0.25) is 0 Å². The number of carbonyl (C=O) groups is 4. The average Bonchev–Trinajstić information content (AvgIpc) is 3.62. The van der Waals surface area contributed by atoms with E-state index in [-0.39, 0.29) is 24.7 Å². The van der Waals surface area contributed by atoms with Gasteiger partial charge >= 0.3 is 12.1 Å². The van der Waals surface area contributed by atoms with Gasteiger partial charge in [0, 0.05) is 31.8 Å². The van der Waals surface area contributed by atoms with Gasteiger partial charge in [-0.15, -0.1) is 0 Å². The Balaban J connectivity index is 1.75. The lowest BCUT2D eigenvalue weighted by atomic mass is 9.91. The van der Waals surface area contributed by atoms with Gasteiger partial charge in [0.05, 0.1) is 6.07 Å². The summed E-state index contributed by atoms with van der Waals surface area (Å²) in [4.78, 5) is 50.4. The number of piperidine rings is 2. The first-order chi connectivity index (χ1) is 16.8. The zero-order chi connectivity index (χ0) is 26.7. The second-order valence-electron chi connectivity index (χ2n) is 9.62. The standard InChI is InChI=1S/C22H28F5N5O4/c23-21(24)5-7-32(19(35)15(8-12-3-4-12)31-20(36)22(25,26)27)16(10-21)18(34)30-14(11-28)9-13-2-1-6-29-17(13)33/h12-16H,1-10H2,(H,29,33)(H,30,34)(H,31,36)/t13-,14-,15-,16-/m0/s1. The quantitative estimate of drug-likeness (QED) is 0.416. The first kappa shape index (κ1) is 27.6. The third-order valence-electron chi connectivity index (χ3n) is 6.69. The largest absolute Gasteiger partial charge is 0.471 e. The van der Waals surface area contributed by atoms with Crippen molar-refractivity contribution in [3.8, 4) is 6.07 Å². The number of rotatable bonds is 8. The van der Waals surface area contributed by atoms with Gasteiger partial charge < -0.3 is 20.9 Å². The molecule has 0 unspecified atom stereocenters. The minimum absolute atomic E-state index is 0.0585. The van der Waals surface area contributed by atoms with Gasteiger partial charge in [0.15, 0.2) is 0 Å². The van der Waals surface area contributed by atoms with Crippen LogP contribution in [0, 0.1) is 23.2 Å². The van der Waals surface area contributed by atoms with Crippen LogP contribution >= 0.6 is 0 Å². The third-order valence-corrected chi connectivity index (χ3v) is 6.69. The number of likely N-dealkylation sites (tertiary alicyclic amines) is 1. The number of halogens is 5. The molecule has 3 rings (SSSR count). The summed E-state index contributed by atoms with van der Waals surface area (Å²) in [7, 11) is 0. The number of amides is 4. The van der Waals surface area contributed by atoms with E-state index in [0.717, 1.165) is 4.90 Å². The van der Waals surface area contributed by atoms with Gasteiger partial charge in [0.25, 0.3) is 5.92 Å². The van der Waals surface area contributed by atoms with Crippen molar-refractivity contribution in [2.24, 2.45) is 11.8 Å². The molecule has 14 heteroatoms. The molecular weight excluding hydrogens is 493 g/mol. The van der Waals surface area contributed by atoms with Crippen LogP contribution in [0.3, 0.4) is 0 Å². The fourth-order valence-electron chi connectivity index (χ4n) is 4.54. The molecule has 0 aromatic heterocycles. The van der Waals surface area contributed by atoms with Gasteiger partial charge in [0.2, 0.25) is 17.7 Å².